The molecular weight excluding hydrogens is 372 g/mol. The maximum Gasteiger partial charge on any atom is 0.329 e. The number of aromatic amines is 1. The van der Waals surface area contributed by atoms with Crippen molar-refractivity contribution in [3.63, 3.8) is 0 Å². The zero-order chi connectivity index (χ0) is 19.5. The van der Waals surface area contributed by atoms with Gasteiger partial charge >= 0.3 is 5.69 Å². The number of hydrogen-bond donors (Lipinski definition) is 1. The van der Waals surface area contributed by atoms with Gasteiger partial charge in [-0.25, -0.2) is 18.2 Å². The molecule has 0 atom stereocenters. The molecule has 1 aliphatic heterocycles. The first kappa shape index (κ1) is 17.2. The van der Waals surface area contributed by atoms with Crippen LogP contribution in [0.4, 0.5) is 0 Å². The van der Waals surface area contributed by atoms with Gasteiger partial charge in [0.25, 0.3) is 5.56 Å². The molecule has 9 nitrogen and oxygen atoms in total. The Morgan fingerprint density at radius 3 is 2.56 bits per heavy atom. The van der Waals surface area contributed by atoms with Crippen molar-refractivity contribution in [3.8, 4) is 0 Å². The lowest BCUT2D eigenvalue weighted by Crippen LogP contribution is -2.29. The van der Waals surface area contributed by atoms with Crippen molar-refractivity contribution < 1.29 is 13.2 Å². The highest BCUT2D eigenvalue weighted by Crippen LogP contribution is 2.28. The van der Waals surface area contributed by atoms with Crippen molar-refractivity contribution in [3.05, 3.63) is 62.1 Å². The van der Waals surface area contributed by atoms with Crippen molar-refractivity contribution in [1.29, 1.82) is 0 Å². The summed E-state index contributed by atoms with van der Waals surface area (Å²) in [5.74, 6) is -0.661. The summed E-state index contributed by atoms with van der Waals surface area (Å²) >= 11 is 0. The Kier molecular flexibility index (Phi) is 3.57. The Morgan fingerprint density at radius 2 is 1.81 bits per heavy atom. The second kappa shape index (κ2) is 5.61. The maximum absolute atomic E-state index is 12.7. The number of aryl methyl sites for hydroxylation is 2. The Hall–Kier alpha value is -3.27. The Morgan fingerprint density at radius 1 is 1.11 bits per heavy atom. The fourth-order valence-electron chi connectivity index (χ4n) is 3.16. The van der Waals surface area contributed by atoms with Crippen LogP contribution in [0.15, 0.2) is 44.3 Å². The summed E-state index contributed by atoms with van der Waals surface area (Å²) in [6.45, 7) is 0. The molecule has 0 saturated heterocycles. The molecule has 0 saturated carbocycles. The molecular formula is C17H14N4O5S. The second-order valence-electron chi connectivity index (χ2n) is 6.27. The average molecular weight is 386 g/mol. The predicted molar refractivity (Wildman–Crippen MR) is 97.4 cm³/mol. The molecule has 27 heavy (non-hydrogen) atoms. The van der Waals surface area contributed by atoms with Gasteiger partial charge < -0.3 is 4.57 Å². The second-order valence-corrected chi connectivity index (χ2v) is 8.23. The van der Waals surface area contributed by atoms with E-state index < -0.39 is 32.6 Å². The number of benzene rings is 1. The summed E-state index contributed by atoms with van der Waals surface area (Å²) in [4.78, 5) is 43.0. The van der Waals surface area contributed by atoms with Crippen molar-refractivity contribution >= 4 is 32.9 Å². The van der Waals surface area contributed by atoms with Gasteiger partial charge in [0.15, 0.2) is 26.8 Å². The van der Waals surface area contributed by atoms with E-state index >= 15 is 0 Å². The van der Waals surface area contributed by atoms with E-state index in [-0.39, 0.29) is 33.0 Å². The van der Waals surface area contributed by atoms with Crippen LogP contribution < -0.4 is 11.2 Å². The third kappa shape index (κ3) is 2.48. The molecule has 138 valence electrons. The molecule has 2 aromatic heterocycles. The van der Waals surface area contributed by atoms with Crippen LogP contribution in [-0.4, -0.2) is 39.1 Å². The third-order valence-corrected chi connectivity index (χ3v) is 6.29. The minimum atomic E-state index is -3.66. The van der Waals surface area contributed by atoms with Gasteiger partial charge in [0.05, 0.1) is 10.6 Å². The van der Waals surface area contributed by atoms with Gasteiger partial charge in [0, 0.05) is 25.2 Å². The molecule has 4 rings (SSSR count). The fraction of sp³-hybridized carbons (Fsp3) is 0.176. The first-order valence-electron chi connectivity index (χ1n) is 7.93. The Labute approximate surface area is 152 Å². The van der Waals surface area contributed by atoms with Crippen molar-refractivity contribution in [2.24, 2.45) is 14.1 Å². The van der Waals surface area contributed by atoms with Crippen LogP contribution in [-0.2, 0) is 23.9 Å². The smallest absolute Gasteiger partial charge is 0.322 e. The number of fused-ring (bicyclic) bond motifs is 2. The normalized spacial score (nSPS) is 17.4. The number of H-pyrrole nitrogens is 1. The average Bonchev–Trinajstić information content (AvgIpc) is 2.94. The van der Waals surface area contributed by atoms with Gasteiger partial charge in [-0.05, 0) is 18.2 Å². The van der Waals surface area contributed by atoms with Crippen LogP contribution in [0.3, 0.4) is 0 Å². The number of aromatic nitrogens is 4. The number of carbonyl (C=O) groups is 1. The molecule has 1 N–H and O–H groups in total. The van der Waals surface area contributed by atoms with Gasteiger partial charge in [0.1, 0.15) is 5.82 Å². The van der Waals surface area contributed by atoms with Gasteiger partial charge in [-0.15, -0.1) is 0 Å². The number of sulfone groups is 1. The molecule has 3 heterocycles. The SMILES string of the molecule is Cn1c(C=C2CS(=O)(=O)c3ccccc3C2=O)nc2c1c(=O)[nH]c(=O)n2C. The summed E-state index contributed by atoms with van der Waals surface area (Å²) in [6.07, 6.45) is 1.35. The van der Waals surface area contributed by atoms with Gasteiger partial charge in [-0.1, -0.05) is 12.1 Å². The minimum Gasteiger partial charge on any atom is -0.322 e. The highest BCUT2D eigenvalue weighted by atomic mass is 32.2. The van der Waals surface area contributed by atoms with E-state index in [2.05, 4.69) is 9.97 Å². The van der Waals surface area contributed by atoms with E-state index in [0.717, 1.165) is 0 Å². The van der Waals surface area contributed by atoms with E-state index in [1.165, 1.54) is 34.4 Å². The summed E-state index contributed by atoms with van der Waals surface area (Å²) in [5, 5.41) is 0. The van der Waals surface area contributed by atoms with Crippen molar-refractivity contribution in [2.75, 3.05) is 5.75 Å². The predicted octanol–water partition coefficient (Wildman–Crippen LogP) is 0.0139. The molecule has 0 bridgehead atoms. The summed E-state index contributed by atoms with van der Waals surface area (Å²) < 4.78 is 27.6. The van der Waals surface area contributed by atoms with Crippen LogP contribution in [0, 0.1) is 0 Å². The van der Waals surface area contributed by atoms with E-state index in [0.29, 0.717) is 0 Å². The summed E-state index contributed by atoms with van der Waals surface area (Å²) in [5.41, 5.74) is -0.775. The largest absolute Gasteiger partial charge is 0.329 e. The molecule has 0 aliphatic carbocycles. The number of Topliss-reactive ketones (excluding diaryl/α,β-unsaturated/α-hetero) is 1. The third-order valence-electron chi connectivity index (χ3n) is 4.58. The van der Waals surface area contributed by atoms with E-state index in [1.54, 1.807) is 19.2 Å². The molecule has 10 heteroatoms. The van der Waals surface area contributed by atoms with Crippen molar-refractivity contribution in [2.45, 2.75) is 4.90 Å². The fourth-order valence-corrected chi connectivity index (χ4v) is 4.72. The summed E-state index contributed by atoms with van der Waals surface area (Å²) in [7, 11) is -0.651. The van der Waals surface area contributed by atoms with Gasteiger partial charge in [-0.2, -0.15) is 0 Å². The summed E-state index contributed by atoms with van der Waals surface area (Å²) in [6, 6.07) is 6.03. The molecule has 0 amide bonds. The number of ketones is 1. The van der Waals surface area contributed by atoms with Crippen LogP contribution in [0.5, 0.6) is 0 Å². The lowest BCUT2D eigenvalue weighted by Gasteiger charge is -2.17. The number of nitrogens with zero attached hydrogens (tertiary/aromatic N) is 3. The topological polar surface area (TPSA) is 124 Å². The highest BCUT2D eigenvalue weighted by molar-refractivity contribution is 7.91. The zero-order valence-corrected chi connectivity index (χ0v) is 15.2. The Bertz CT molecular complexity index is 1390. The molecule has 1 aromatic carbocycles. The van der Waals surface area contributed by atoms with Crippen LogP contribution in [0.25, 0.3) is 17.2 Å². The lowest BCUT2D eigenvalue weighted by molar-refractivity contribution is 0.103. The van der Waals surface area contributed by atoms with E-state index in [1.807, 2.05) is 0 Å². The molecule has 1 aliphatic rings. The van der Waals surface area contributed by atoms with Gasteiger partial charge in [-0.3, -0.25) is 19.1 Å². The van der Waals surface area contributed by atoms with E-state index in [4.69, 9.17) is 0 Å². The quantitative estimate of drug-likeness (QED) is 0.588. The standard InChI is InChI=1S/C17H14N4O5S/c1-20-12(18-15-13(20)16(23)19-17(24)21(15)2)7-9-8-27(25,26)11-6-4-3-5-10(11)14(9)22/h3-7H,8H2,1-2H3,(H,19,23,24). The monoisotopic (exact) mass is 386 g/mol. The molecule has 0 radical (unpaired) electrons. The number of nitrogens with one attached hydrogen (secondary N) is 1. The van der Waals surface area contributed by atoms with E-state index in [9.17, 15) is 22.8 Å². The minimum absolute atomic E-state index is 0.0102. The highest BCUT2D eigenvalue weighted by Gasteiger charge is 2.32. The van der Waals surface area contributed by atoms with Crippen LogP contribution >= 0.6 is 0 Å². The molecule has 0 fully saturated rings. The zero-order valence-electron chi connectivity index (χ0n) is 14.4. The molecule has 3 aromatic rings. The molecule has 0 spiro atoms. The van der Waals surface area contributed by atoms with Crippen LogP contribution in [0.1, 0.15) is 16.2 Å². The molecule has 0 unspecified atom stereocenters. The first-order valence-corrected chi connectivity index (χ1v) is 9.59. The number of carbonyl (C=O) groups excluding carboxylic acids is 1. The van der Waals surface area contributed by atoms with Crippen molar-refractivity contribution in [1.82, 2.24) is 19.1 Å². The first-order chi connectivity index (χ1) is 12.7. The Balaban J connectivity index is 1.96. The number of rotatable bonds is 1. The van der Waals surface area contributed by atoms with Crippen LogP contribution in [0.2, 0.25) is 0 Å². The number of imidazole rings is 1. The van der Waals surface area contributed by atoms with Gasteiger partial charge in [0.2, 0.25) is 0 Å². The number of hydrogen-bond acceptors (Lipinski definition) is 6. The maximum atomic E-state index is 12.7. The lowest BCUT2D eigenvalue weighted by atomic mass is 10.0.